The summed E-state index contributed by atoms with van der Waals surface area (Å²) >= 11 is 0. The molecule has 0 bridgehead atoms. The van der Waals surface area contributed by atoms with E-state index in [9.17, 15) is 0 Å². The summed E-state index contributed by atoms with van der Waals surface area (Å²) in [5.74, 6) is 1.45. The lowest BCUT2D eigenvalue weighted by atomic mass is 10.1. The molecule has 6 heteroatoms. The van der Waals surface area contributed by atoms with Gasteiger partial charge in [-0.25, -0.2) is 4.98 Å². The van der Waals surface area contributed by atoms with Gasteiger partial charge in [-0.2, -0.15) is 4.98 Å². The van der Waals surface area contributed by atoms with E-state index in [2.05, 4.69) is 54.8 Å². The Hall–Kier alpha value is -2.99. The molecule has 0 aliphatic rings. The van der Waals surface area contributed by atoms with Crippen LogP contribution in [0.5, 0.6) is 0 Å². The molecule has 0 saturated carbocycles. The Balaban J connectivity index is 1.72. The molecule has 2 heterocycles. The summed E-state index contributed by atoms with van der Waals surface area (Å²) in [5.41, 5.74) is 3.20. The number of hydrogen-bond acceptors (Lipinski definition) is 6. The molecular weight excluding hydrogens is 336 g/mol. The van der Waals surface area contributed by atoms with Crippen LogP contribution in [0.15, 0.2) is 60.9 Å². The molecule has 0 saturated heterocycles. The number of benzene rings is 1. The first-order valence-electron chi connectivity index (χ1n) is 9.16. The maximum atomic E-state index is 4.66. The quantitative estimate of drug-likeness (QED) is 0.609. The van der Waals surface area contributed by atoms with Crippen molar-refractivity contribution in [3.63, 3.8) is 0 Å². The molecule has 0 fully saturated rings. The second-order valence-electron chi connectivity index (χ2n) is 6.59. The van der Waals surface area contributed by atoms with Gasteiger partial charge in [-0.1, -0.05) is 30.3 Å². The van der Waals surface area contributed by atoms with Crippen molar-refractivity contribution in [2.45, 2.75) is 6.42 Å². The van der Waals surface area contributed by atoms with E-state index in [1.165, 1.54) is 5.56 Å². The summed E-state index contributed by atoms with van der Waals surface area (Å²) in [6.45, 7) is 2.52. The van der Waals surface area contributed by atoms with Crippen LogP contribution in [0.2, 0.25) is 0 Å². The van der Waals surface area contributed by atoms with Gasteiger partial charge < -0.3 is 15.5 Å². The summed E-state index contributed by atoms with van der Waals surface area (Å²) in [6, 6.07) is 16.3. The van der Waals surface area contributed by atoms with E-state index in [-0.39, 0.29) is 0 Å². The van der Waals surface area contributed by atoms with E-state index in [0.717, 1.165) is 43.1 Å². The third kappa shape index (κ3) is 6.04. The van der Waals surface area contributed by atoms with Gasteiger partial charge >= 0.3 is 0 Å². The molecule has 6 nitrogen and oxygen atoms in total. The molecule has 2 N–H and O–H groups in total. The smallest absolute Gasteiger partial charge is 0.225 e. The van der Waals surface area contributed by atoms with Crippen LogP contribution < -0.4 is 10.6 Å². The fourth-order valence-corrected chi connectivity index (χ4v) is 2.66. The number of anilines is 2. The average Bonchev–Trinajstić information content (AvgIpc) is 2.69. The number of hydrogen-bond donors (Lipinski definition) is 2. The van der Waals surface area contributed by atoms with Crippen LogP contribution in [0.3, 0.4) is 0 Å². The van der Waals surface area contributed by atoms with Crippen LogP contribution >= 0.6 is 0 Å². The van der Waals surface area contributed by atoms with Crippen LogP contribution in [0.4, 0.5) is 11.8 Å². The zero-order valence-corrected chi connectivity index (χ0v) is 15.9. The third-order valence-corrected chi connectivity index (χ3v) is 4.11. The Labute approximate surface area is 160 Å². The lowest BCUT2D eigenvalue weighted by Crippen LogP contribution is -2.21. The van der Waals surface area contributed by atoms with Crippen molar-refractivity contribution in [3.05, 3.63) is 66.5 Å². The van der Waals surface area contributed by atoms with Gasteiger partial charge in [0.1, 0.15) is 5.82 Å². The highest BCUT2D eigenvalue weighted by molar-refractivity contribution is 5.63. The van der Waals surface area contributed by atoms with E-state index < -0.39 is 0 Å². The summed E-state index contributed by atoms with van der Waals surface area (Å²) in [7, 11) is 4.10. The normalized spacial score (nSPS) is 10.8. The zero-order chi connectivity index (χ0) is 18.9. The summed E-state index contributed by atoms with van der Waals surface area (Å²) in [4.78, 5) is 15.5. The first-order chi connectivity index (χ1) is 13.2. The maximum absolute atomic E-state index is 4.66. The van der Waals surface area contributed by atoms with E-state index in [1.807, 2.05) is 38.4 Å². The van der Waals surface area contributed by atoms with Gasteiger partial charge in [0.2, 0.25) is 5.95 Å². The molecule has 2 aromatic heterocycles. The van der Waals surface area contributed by atoms with Crippen LogP contribution in [-0.2, 0) is 6.42 Å². The van der Waals surface area contributed by atoms with Gasteiger partial charge in [-0.3, -0.25) is 4.98 Å². The fraction of sp³-hybridized carbons (Fsp3) is 0.286. The number of nitrogens with one attached hydrogen (secondary N) is 2. The van der Waals surface area contributed by atoms with E-state index >= 15 is 0 Å². The molecule has 140 valence electrons. The van der Waals surface area contributed by atoms with E-state index in [4.69, 9.17) is 0 Å². The molecule has 0 spiro atoms. The molecule has 0 aliphatic heterocycles. The summed E-state index contributed by atoms with van der Waals surface area (Å²) < 4.78 is 0. The van der Waals surface area contributed by atoms with Crippen molar-refractivity contribution >= 4 is 11.8 Å². The van der Waals surface area contributed by atoms with Crippen molar-refractivity contribution in [3.8, 4) is 11.3 Å². The maximum Gasteiger partial charge on any atom is 0.225 e. The van der Waals surface area contributed by atoms with Crippen molar-refractivity contribution in [2.24, 2.45) is 0 Å². The predicted molar refractivity (Wildman–Crippen MR) is 111 cm³/mol. The Morgan fingerprint density at radius 2 is 1.67 bits per heavy atom. The SMILES string of the molecule is CN(C)CCNc1nc(NCCc2ccccc2)cc(-c2ccncc2)n1. The lowest BCUT2D eigenvalue weighted by Gasteiger charge is -2.13. The zero-order valence-electron chi connectivity index (χ0n) is 15.9. The molecule has 0 atom stereocenters. The largest absolute Gasteiger partial charge is 0.370 e. The predicted octanol–water partition coefficient (Wildman–Crippen LogP) is 3.17. The standard InChI is InChI=1S/C21H26N6/c1-27(2)15-14-24-21-25-19(18-9-11-22-12-10-18)16-20(26-21)23-13-8-17-6-4-3-5-7-17/h3-7,9-12,16H,8,13-15H2,1-2H3,(H2,23,24,25,26). The van der Waals surface area contributed by atoms with Crippen LogP contribution in [-0.4, -0.2) is 53.6 Å². The van der Waals surface area contributed by atoms with Gasteiger partial charge in [0, 0.05) is 43.7 Å². The Morgan fingerprint density at radius 1 is 0.889 bits per heavy atom. The van der Waals surface area contributed by atoms with Gasteiger partial charge in [0.25, 0.3) is 0 Å². The number of aromatic nitrogens is 3. The van der Waals surface area contributed by atoms with Crippen molar-refractivity contribution in [2.75, 3.05) is 44.4 Å². The van der Waals surface area contributed by atoms with Crippen molar-refractivity contribution in [1.29, 1.82) is 0 Å². The minimum atomic E-state index is 0.633. The lowest BCUT2D eigenvalue weighted by molar-refractivity contribution is 0.425. The number of likely N-dealkylation sites (N-methyl/N-ethyl adjacent to an activating group) is 1. The molecule has 3 rings (SSSR count). The second kappa shape index (κ2) is 9.64. The topological polar surface area (TPSA) is 66.0 Å². The Kier molecular flexibility index (Phi) is 6.71. The average molecular weight is 362 g/mol. The fourth-order valence-electron chi connectivity index (χ4n) is 2.66. The van der Waals surface area contributed by atoms with E-state index in [0.29, 0.717) is 5.95 Å². The monoisotopic (exact) mass is 362 g/mol. The molecule has 0 aliphatic carbocycles. The highest BCUT2D eigenvalue weighted by Crippen LogP contribution is 2.20. The highest BCUT2D eigenvalue weighted by Gasteiger charge is 2.07. The number of rotatable bonds is 9. The van der Waals surface area contributed by atoms with Crippen LogP contribution in [0.25, 0.3) is 11.3 Å². The molecule has 3 aromatic rings. The summed E-state index contributed by atoms with van der Waals surface area (Å²) in [6.07, 6.45) is 4.50. The van der Waals surface area contributed by atoms with Gasteiger partial charge in [-0.15, -0.1) is 0 Å². The first kappa shape index (κ1) is 18.8. The summed E-state index contributed by atoms with van der Waals surface area (Å²) in [5, 5.41) is 6.74. The van der Waals surface area contributed by atoms with Gasteiger partial charge in [0.05, 0.1) is 5.69 Å². The van der Waals surface area contributed by atoms with E-state index in [1.54, 1.807) is 12.4 Å². The Bertz CT molecular complexity index is 821. The number of nitrogens with zero attached hydrogens (tertiary/aromatic N) is 4. The molecule has 0 unspecified atom stereocenters. The molecule has 27 heavy (non-hydrogen) atoms. The van der Waals surface area contributed by atoms with Crippen molar-refractivity contribution in [1.82, 2.24) is 19.9 Å². The molecule has 0 radical (unpaired) electrons. The Morgan fingerprint density at radius 3 is 2.41 bits per heavy atom. The molecular formula is C21H26N6. The van der Waals surface area contributed by atoms with Crippen LogP contribution in [0, 0.1) is 0 Å². The highest BCUT2D eigenvalue weighted by atomic mass is 15.2. The minimum Gasteiger partial charge on any atom is -0.370 e. The minimum absolute atomic E-state index is 0.633. The first-order valence-corrected chi connectivity index (χ1v) is 9.16. The van der Waals surface area contributed by atoms with Crippen LogP contribution in [0.1, 0.15) is 5.56 Å². The third-order valence-electron chi connectivity index (χ3n) is 4.11. The molecule has 0 amide bonds. The van der Waals surface area contributed by atoms with Gasteiger partial charge in [0.15, 0.2) is 0 Å². The second-order valence-corrected chi connectivity index (χ2v) is 6.59. The van der Waals surface area contributed by atoms with Gasteiger partial charge in [-0.05, 0) is 38.2 Å². The van der Waals surface area contributed by atoms with Crippen molar-refractivity contribution < 1.29 is 0 Å². The number of pyridine rings is 1. The molecule has 1 aromatic carbocycles.